The molecular weight excluding hydrogens is 444 g/mol. The number of para-hydroxylation sites is 2. The molecule has 0 bridgehead atoms. The van der Waals surface area contributed by atoms with Gasteiger partial charge in [-0.15, -0.1) is 11.8 Å². The minimum Gasteiger partial charge on any atom is -0.478 e. The van der Waals surface area contributed by atoms with E-state index in [4.69, 9.17) is 9.40 Å². The number of aryl methyl sites for hydroxylation is 1. The maximum absolute atomic E-state index is 11.4. The number of carbonyl (C=O) groups is 1. The number of hydrogen-bond donors (Lipinski definition) is 1. The molecule has 0 aliphatic carbocycles. The van der Waals surface area contributed by atoms with Gasteiger partial charge in [-0.05, 0) is 61.3 Å². The molecule has 34 heavy (non-hydrogen) atoms. The quantitative estimate of drug-likeness (QED) is 0.167. The Morgan fingerprint density at radius 3 is 2.41 bits per heavy atom. The van der Waals surface area contributed by atoms with E-state index in [9.17, 15) is 9.90 Å². The van der Waals surface area contributed by atoms with Crippen LogP contribution in [-0.2, 0) is 6.42 Å². The molecule has 3 aromatic carbocycles. The van der Waals surface area contributed by atoms with Gasteiger partial charge in [0.05, 0.1) is 5.56 Å². The average molecular weight is 475 g/mol. The fourth-order valence-corrected chi connectivity index (χ4v) is 5.00. The molecule has 1 heterocycles. The van der Waals surface area contributed by atoms with Gasteiger partial charge in [0.15, 0.2) is 5.58 Å². The lowest BCUT2D eigenvalue weighted by molar-refractivity contribution is 0.0693. The molecule has 0 fully saturated rings. The van der Waals surface area contributed by atoms with Gasteiger partial charge in [0, 0.05) is 18.0 Å². The van der Waals surface area contributed by atoms with Gasteiger partial charge in [0.1, 0.15) is 5.52 Å². The summed E-state index contributed by atoms with van der Waals surface area (Å²) in [5.41, 5.74) is 3.44. The van der Waals surface area contributed by atoms with E-state index < -0.39 is 5.97 Å². The molecule has 0 amide bonds. The fourth-order valence-electron chi connectivity index (χ4n) is 3.95. The number of benzene rings is 3. The Bertz CT molecular complexity index is 1160. The van der Waals surface area contributed by atoms with E-state index >= 15 is 0 Å². The van der Waals surface area contributed by atoms with Gasteiger partial charge >= 0.3 is 5.97 Å². The molecular formula is C28H30N2O3S. The van der Waals surface area contributed by atoms with E-state index in [1.54, 1.807) is 23.9 Å². The number of carboxylic acids is 1. The first-order valence-corrected chi connectivity index (χ1v) is 12.8. The summed E-state index contributed by atoms with van der Waals surface area (Å²) in [4.78, 5) is 19.2. The number of unbranched alkanes of at least 4 members (excludes halogenated alkanes) is 2. The maximum atomic E-state index is 11.4. The van der Waals surface area contributed by atoms with E-state index in [0.717, 1.165) is 66.9 Å². The number of aromatic carboxylic acids is 1. The van der Waals surface area contributed by atoms with Crippen LogP contribution in [0.2, 0.25) is 0 Å². The molecule has 6 heteroatoms. The smallest absolute Gasteiger partial charge is 0.336 e. The largest absolute Gasteiger partial charge is 0.478 e. The minimum atomic E-state index is -0.868. The number of rotatable bonds is 13. The number of thioether (sulfide) groups is 1. The molecule has 0 radical (unpaired) electrons. The zero-order valence-electron chi connectivity index (χ0n) is 19.2. The normalized spacial score (nSPS) is 11.1. The van der Waals surface area contributed by atoms with Crippen molar-refractivity contribution >= 4 is 34.8 Å². The van der Waals surface area contributed by atoms with Crippen LogP contribution in [0, 0.1) is 0 Å². The highest BCUT2D eigenvalue weighted by molar-refractivity contribution is 7.99. The standard InChI is InChI=1S/C28H30N2O3S/c31-27(32)23-15-5-8-18-26(23)34-21-10-2-9-19-30(20-11-14-22-12-3-1-4-13-22)28-29-24-16-6-7-17-25(24)33-28/h1,3-8,12-13,15-18H,2,9-11,14,19-21H2,(H,31,32). The van der Waals surface area contributed by atoms with Crippen LogP contribution in [0.25, 0.3) is 11.1 Å². The Kier molecular flexibility index (Phi) is 8.63. The van der Waals surface area contributed by atoms with E-state index in [1.807, 2.05) is 42.5 Å². The molecule has 1 N–H and O–H groups in total. The second-order valence-corrected chi connectivity index (χ2v) is 9.39. The topological polar surface area (TPSA) is 66.6 Å². The molecule has 0 aliphatic rings. The number of oxazole rings is 1. The summed E-state index contributed by atoms with van der Waals surface area (Å²) < 4.78 is 6.06. The highest BCUT2D eigenvalue weighted by Gasteiger charge is 2.14. The maximum Gasteiger partial charge on any atom is 0.336 e. The van der Waals surface area contributed by atoms with Crippen molar-refractivity contribution in [3.05, 3.63) is 90.0 Å². The summed E-state index contributed by atoms with van der Waals surface area (Å²) in [7, 11) is 0. The average Bonchev–Trinajstić information content (AvgIpc) is 3.30. The molecule has 5 nitrogen and oxygen atoms in total. The summed E-state index contributed by atoms with van der Waals surface area (Å²) in [6.07, 6.45) is 5.19. The van der Waals surface area contributed by atoms with Crippen molar-refractivity contribution < 1.29 is 14.3 Å². The Balaban J connectivity index is 1.29. The number of fused-ring (bicyclic) bond motifs is 1. The molecule has 0 saturated carbocycles. The third-order valence-electron chi connectivity index (χ3n) is 5.74. The molecule has 0 saturated heterocycles. The first-order valence-electron chi connectivity index (χ1n) is 11.8. The molecule has 4 rings (SSSR count). The van der Waals surface area contributed by atoms with Crippen LogP contribution in [0.5, 0.6) is 0 Å². The van der Waals surface area contributed by atoms with Crippen LogP contribution in [-0.4, -0.2) is 34.9 Å². The van der Waals surface area contributed by atoms with Crippen molar-refractivity contribution in [2.75, 3.05) is 23.7 Å². The Labute approximate surface area is 204 Å². The Morgan fingerprint density at radius 2 is 1.59 bits per heavy atom. The Hall–Kier alpha value is -3.25. The molecule has 0 atom stereocenters. The third kappa shape index (κ3) is 6.64. The van der Waals surface area contributed by atoms with E-state index in [1.165, 1.54) is 5.56 Å². The third-order valence-corrected chi connectivity index (χ3v) is 6.90. The summed E-state index contributed by atoms with van der Waals surface area (Å²) in [6.45, 7) is 1.78. The van der Waals surface area contributed by atoms with Gasteiger partial charge in [0.2, 0.25) is 0 Å². The lowest BCUT2D eigenvalue weighted by atomic mass is 10.1. The molecule has 176 valence electrons. The van der Waals surface area contributed by atoms with Crippen molar-refractivity contribution in [3.63, 3.8) is 0 Å². The number of carboxylic acid groups (broad SMARTS) is 1. The van der Waals surface area contributed by atoms with Crippen LogP contribution in [0.4, 0.5) is 6.01 Å². The minimum absolute atomic E-state index is 0.382. The van der Waals surface area contributed by atoms with Crippen molar-refractivity contribution in [1.29, 1.82) is 0 Å². The number of aromatic nitrogens is 1. The molecule has 0 spiro atoms. The second kappa shape index (κ2) is 12.3. The van der Waals surface area contributed by atoms with Crippen molar-refractivity contribution in [3.8, 4) is 0 Å². The van der Waals surface area contributed by atoms with Crippen LogP contribution in [0.3, 0.4) is 0 Å². The van der Waals surface area contributed by atoms with Crippen molar-refractivity contribution in [2.24, 2.45) is 0 Å². The lowest BCUT2D eigenvalue weighted by Crippen LogP contribution is -2.26. The molecule has 4 aromatic rings. The predicted molar refractivity (Wildman–Crippen MR) is 139 cm³/mol. The second-order valence-electron chi connectivity index (χ2n) is 8.25. The first-order chi connectivity index (χ1) is 16.7. The van der Waals surface area contributed by atoms with Crippen LogP contribution < -0.4 is 4.90 Å². The summed E-state index contributed by atoms with van der Waals surface area (Å²) in [6, 6.07) is 26.4. The zero-order chi connectivity index (χ0) is 23.6. The number of hydrogen-bond acceptors (Lipinski definition) is 5. The van der Waals surface area contributed by atoms with Gasteiger partial charge in [-0.2, -0.15) is 4.98 Å². The van der Waals surface area contributed by atoms with Gasteiger partial charge < -0.3 is 14.4 Å². The van der Waals surface area contributed by atoms with E-state index in [2.05, 4.69) is 29.2 Å². The van der Waals surface area contributed by atoms with Gasteiger partial charge in [-0.25, -0.2) is 4.79 Å². The van der Waals surface area contributed by atoms with Gasteiger partial charge in [0.25, 0.3) is 6.01 Å². The first kappa shape index (κ1) is 23.9. The number of nitrogens with zero attached hydrogens (tertiary/aromatic N) is 2. The SMILES string of the molecule is O=C(O)c1ccccc1SCCCCCN(CCCc1ccccc1)c1nc2ccccc2o1. The van der Waals surface area contributed by atoms with Gasteiger partial charge in [-0.1, -0.05) is 61.0 Å². The fraction of sp³-hybridized carbons (Fsp3) is 0.286. The highest BCUT2D eigenvalue weighted by atomic mass is 32.2. The summed E-state index contributed by atoms with van der Waals surface area (Å²) in [5.74, 6) is 0.0360. The van der Waals surface area contributed by atoms with Crippen molar-refractivity contribution in [1.82, 2.24) is 4.98 Å². The van der Waals surface area contributed by atoms with Crippen LogP contribution in [0.1, 0.15) is 41.6 Å². The highest BCUT2D eigenvalue weighted by Crippen LogP contribution is 2.25. The Morgan fingerprint density at radius 1 is 0.853 bits per heavy atom. The molecule has 0 aliphatic heterocycles. The molecule has 1 aromatic heterocycles. The monoisotopic (exact) mass is 474 g/mol. The van der Waals surface area contributed by atoms with E-state index in [-0.39, 0.29) is 0 Å². The zero-order valence-corrected chi connectivity index (χ0v) is 20.0. The lowest BCUT2D eigenvalue weighted by Gasteiger charge is -2.20. The van der Waals surface area contributed by atoms with E-state index in [0.29, 0.717) is 11.6 Å². The predicted octanol–water partition coefficient (Wildman–Crippen LogP) is 6.93. The van der Waals surface area contributed by atoms with Crippen LogP contribution >= 0.6 is 11.8 Å². The number of anilines is 1. The van der Waals surface area contributed by atoms with Gasteiger partial charge in [-0.3, -0.25) is 0 Å². The van der Waals surface area contributed by atoms with Crippen molar-refractivity contribution in [2.45, 2.75) is 37.0 Å². The summed E-state index contributed by atoms with van der Waals surface area (Å²) >= 11 is 1.62. The summed E-state index contributed by atoms with van der Waals surface area (Å²) in [5, 5.41) is 9.34. The molecule has 0 unspecified atom stereocenters. The van der Waals surface area contributed by atoms with Crippen LogP contribution in [0.15, 0.2) is 88.2 Å².